The Kier molecular flexibility index (Phi) is 4.55. The van der Waals surface area contributed by atoms with Gasteiger partial charge in [0.05, 0.1) is 16.1 Å². The largest absolute Gasteiger partial charge is 0.478 e. The van der Waals surface area contributed by atoms with Gasteiger partial charge >= 0.3 is 5.97 Å². The van der Waals surface area contributed by atoms with Gasteiger partial charge in [-0.15, -0.1) is 0 Å². The van der Waals surface area contributed by atoms with Crippen molar-refractivity contribution in [3.63, 3.8) is 0 Å². The van der Waals surface area contributed by atoms with E-state index < -0.39 is 16.0 Å². The van der Waals surface area contributed by atoms with Crippen LogP contribution >= 0.6 is 27.5 Å². The molecule has 5 nitrogen and oxygen atoms in total. The van der Waals surface area contributed by atoms with Crippen LogP contribution < -0.4 is 4.72 Å². The SMILES string of the molecule is O=C(O)c1cccc(Br)c1NS(=O)(=O)c1ccc(Cl)cc1. The van der Waals surface area contributed by atoms with E-state index >= 15 is 0 Å². The van der Waals surface area contributed by atoms with Gasteiger partial charge < -0.3 is 5.11 Å². The standard InChI is InChI=1S/C13H9BrClNO4S/c14-11-3-1-2-10(13(17)18)12(11)16-21(19,20)9-6-4-8(15)5-7-9/h1-7,16H,(H,17,18). The Balaban J connectivity index is 2.46. The number of nitrogens with one attached hydrogen (secondary N) is 1. The lowest BCUT2D eigenvalue weighted by Gasteiger charge is -2.12. The normalized spacial score (nSPS) is 11.1. The van der Waals surface area contributed by atoms with E-state index in [1.807, 2.05) is 0 Å². The average molecular weight is 391 g/mol. The summed E-state index contributed by atoms with van der Waals surface area (Å²) in [6.07, 6.45) is 0. The second-order valence-corrected chi connectivity index (χ2v) is 7.00. The minimum atomic E-state index is -3.91. The smallest absolute Gasteiger partial charge is 0.337 e. The van der Waals surface area contributed by atoms with Crippen molar-refractivity contribution in [1.29, 1.82) is 0 Å². The van der Waals surface area contributed by atoms with Crippen LogP contribution in [0.5, 0.6) is 0 Å². The van der Waals surface area contributed by atoms with Crippen LogP contribution in [0, 0.1) is 0 Å². The number of carboxylic acids is 1. The maximum Gasteiger partial charge on any atom is 0.337 e. The Morgan fingerprint density at radius 3 is 2.33 bits per heavy atom. The maximum atomic E-state index is 12.3. The summed E-state index contributed by atoms with van der Waals surface area (Å²) in [7, 11) is -3.91. The van der Waals surface area contributed by atoms with Crippen LogP contribution in [-0.4, -0.2) is 19.5 Å². The highest BCUT2D eigenvalue weighted by atomic mass is 79.9. The lowest BCUT2D eigenvalue weighted by Crippen LogP contribution is -2.16. The first-order valence-electron chi connectivity index (χ1n) is 5.61. The summed E-state index contributed by atoms with van der Waals surface area (Å²) in [6, 6.07) is 9.92. The maximum absolute atomic E-state index is 12.3. The fourth-order valence-corrected chi connectivity index (χ4v) is 3.44. The second-order valence-electron chi connectivity index (χ2n) is 4.03. The summed E-state index contributed by atoms with van der Waals surface area (Å²) in [6.45, 7) is 0. The first kappa shape index (κ1) is 15.8. The first-order chi connectivity index (χ1) is 9.81. The highest BCUT2D eigenvalue weighted by molar-refractivity contribution is 9.10. The summed E-state index contributed by atoms with van der Waals surface area (Å²) in [5, 5.41) is 9.52. The molecule has 0 aliphatic heterocycles. The fraction of sp³-hybridized carbons (Fsp3) is 0. The average Bonchev–Trinajstić information content (AvgIpc) is 2.41. The minimum absolute atomic E-state index is 0.0148. The molecule has 2 N–H and O–H groups in total. The highest BCUT2D eigenvalue weighted by Gasteiger charge is 2.20. The summed E-state index contributed by atoms with van der Waals surface area (Å²) in [4.78, 5) is 11.2. The molecule has 0 radical (unpaired) electrons. The van der Waals surface area contributed by atoms with Crippen LogP contribution in [0.2, 0.25) is 5.02 Å². The van der Waals surface area contributed by atoms with Gasteiger partial charge in [-0.1, -0.05) is 17.7 Å². The van der Waals surface area contributed by atoms with E-state index in [0.29, 0.717) is 9.50 Å². The third-order valence-corrected chi connectivity index (χ3v) is 4.88. The van der Waals surface area contributed by atoms with Gasteiger partial charge in [-0.05, 0) is 52.3 Å². The molecule has 0 aromatic heterocycles. The van der Waals surface area contributed by atoms with E-state index in [9.17, 15) is 13.2 Å². The van der Waals surface area contributed by atoms with E-state index in [-0.39, 0.29) is 16.1 Å². The molecule has 0 unspecified atom stereocenters. The van der Waals surface area contributed by atoms with Crippen LogP contribution in [0.3, 0.4) is 0 Å². The van der Waals surface area contributed by atoms with Crippen molar-refractivity contribution in [2.24, 2.45) is 0 Å². The number of hydrogen-bond donors (Lipinski definition) is 2. The van der Waals surface area contributed by atoms with E-state index in [4.69, 9.17) is 16.7 Å². The van der Waals surface area contributed by atoms with Crippen molar-refractivity contribution in [3.05, 3.63) is 57.5 Å². The molecule has 0 fully saturated rings. The number of para-hydroxylation sites is 1. The minimum Gasteiger partial charge on any atom is -0.478 e. The molecular formula is C13H9BrClNO4S. The van der Waals surface area contributed by atoms with Crippen LogP contribution in [0.15, 0.2) is 51.8 Å². The van der Waals surface area contributed by atoms with Gasteiger partial charge in [-0.3, -0.25) is 4.72 Å². The Labute approximate surface area is 134 Å². The van der Waals surface area contributed by atoms with Crippen LogP contribution in [0.25, 0.3) is 0 Å². The highest BCUT2D eigenvalue weighted by Crippen LogP contribution is 2.29. The molecule has 0 aliphatic carbocycles. The van der Waals surface area contributed by atoms with Gasteiger partial charge in [0.15, 0.2) is 0 Å². The topological polar surface area (TPSA) is 83.5 Å². The Hall–Kier alpha value is -1.57. The van der Waals surface area contributed by atoms with Gasteiger partial charge in [-0.25, -0.2) is 13.2 Å². The number of carbonyl (C=O) groups is 1. The first-order valence-corrected chi connectivity index (χ1v) is 8.27. The Morgan fingerprint density at radius 2 is 1.76 bits per heavy atom. The van der Waals surface area contributed by atoms with E-state index in [1.54, 1.807) is 6.07 Å². The predicted molar refractivity (Wildman–Crippen MR) is 83.4 cm³/mol. The van der Waals surface area contributed by atoms with Crippen molar-refractivity contribution >= 4 is 49.2 Å². The summed E-state index contributed by atoms with van der Waals surface area (Å²) in [5.74, 6) is -1.23. The molecular weight excluding hydrogens is 382 g/mol. The molecule has 8 heteroatoms. The molecule has 2 aromatic carbocycles. The molecule has 0 bridgehead atoms. The van der Waals surface area contributed by atoms with Gasteiger partial charge in [0.1, 0.15) is 0 Å². The number of carboxylic acid groups (broad SMARTS) is 1. The molecule has 0 atom stereocenters. The molecule has 0 spiro atoms. The van der Waals surface area contributed by atoms with Crippen molar-refractivity contribution in [1.82, 2.24) is 0 Å². The van der Waals surface area contributed by atoms with Crippen molar-refractivity contribution in [3.8, 4) is 0 Å². The molecule has 21 heavy (non-hydrogen) atoms. The Morgan fingerprint density at radius 1 is 1.14 bits per heavy atom. The van der Waals surface area contributed by atoms with Gasteiger partial charge in [0.25, 0.3) is 10.0 Å². The number of anilines is 1. The molecule has 110 valence electrons. The monoisotopic (exact) mass is 389 g/mol. The van der Waals surface area contributed by atoms with Crippen molar-refractivity contribution in [2.75, 3.05) is 4.72 Å². The van der Waals surface area contributed by atoms with E-state index in [2.05, 4.69) is 20.7 Å². The van der Waals surface area contributed by atoms with Gasteiger partial charge in [0.2, 0.25) is 0 Å². The number of aromatic carboxylic acids is 1. The second kappa shape index (κ2) is 6.05. The van der Waals surface area contributed by atoms with Crippen LogP contribution in [0.1, 0.15) is 10.4 Å². The molecule has 2 aromatic rings. The number of hydrogen-bond acceptors (Lipinski definition) is 3. The van der Waals surface area contributed by atoms with Gasteiger partial charge in [0, 0.05) is 9.50 Å². The van der Waals surface area contributed by atoms with E-state index in [1.165, 1.54) is 36.4 Å². The summed E-state index contributed by atoms with van der Waals surface area (Å²) >= 11 is 8.85. The lowest BCUT2D eigenvalue weighted by molar-refractivity contribution is 0.0698. The zero-order valence-electron chi connectivity index (χ0n) is 10.4. The third kappa shape index (κ3) is 3.55. The fourth-order valence-electron chi connectivity index (χ4n) is 1.61. The summed E-state index contributed by atoms with van der Waals surface area (Å²) in [5.41, 5.74) is -0.179. The van der Waals surface area contributed by atoms with E-state index in [0.717, 1.165) is 0 Å². The van der Waals surface area contributed by atoms with Gasteiger partial charge in [-0.2, -0.15) is 0 Å². The Bertz CT molecular complexity index is 790. The van der Waals surface area contributed by atoms with Crippen LogP contribution in [0.4, 0.5) is 5.69 Å². The number of sulfonamides is 1. The molecule has 0 aliphatic rings. The third-order valence-electron chi connectivity index (χ3n) is 2.60. The molecule has 2 rings (SSSR count). The van der Waals surface area contributed by atoms with Crippen LogP contribution in [-0.2, 0) is 10.0 Å². The number of rotatable bonds is 4. The zero-order chi connectivity index (χ0) is 15.6. The quantitative estimate of drug-likeness (QED) is 0.835. The van der Waals surface area contributed by atoms with Crippen molar-refractivity contribution < 1.29 is 18.3 Å². The lowest BCUT2D eigenvalue weighted by atomic mass is 10.2. The number of halogens is 2. The summed E-state index contributed by atoms with van der Waals surface area (Å²) < 4.78 is 27.2. The molecule has 0 saturated carbocycles. The number of benzene rings is 2. The predicted octanol–water partition coefficient (Wildman–Crippen LogP) is 3.60. The molecule has 0 amide bonds. The molecule has 0 saturated heterocycles. The molecule has 0 heterocycles. The zero-order valence-corrected chi connectivity index (χ0v) is 13.5. The van der Waals surface area contributed by atoms with Crippen molar-refractivity contribution in [2.45, 2.75) is 4.90 Å².